The number of amides is 2. The zero-order valence-electron chi connectivity index (χ0n) is 40.1. The van der Waals surface area contributed by atoms with Crippen molar-refractivity contribution in [3.8, 4) is 0 Å². The number of hydrogen-bond donors (Lipinski definition) is 14. The number of rotatable bonds is 5. The molecule has 3 aliphatic rings. The van der Waals surface area contributed by atoms with Gasteiger partial charge in [0.1, 0.15) is 12.2 Å². The van der Waals surface area contributed by atoms with Gasteiger partial charge in [-0.25, -0.2) is 4.79 Å². The van der Waals surface area contributed by atoms with Gasteiger partial charge in [0, 0.05) is 50.6 Å². The van der Waals surface area contributed by atoms with Crippen molar-refractivity contribution >= 4 is 12.0 Å². The number of cyclic esters (lactones) is 1. The molecule has 2 unspecified atom stereocenters. The van der Waals surface area contributed by atoms with E-state index in [0.717, 1.165) is 0 Å². The van der Waals surface area contributed by atoms with Crippen molar-refractivity contribution in [2.24, 2.45) is 23.3 Å². The number of ether oxygens (including phenoxy) is 4. The van der Waals surface area contributed by atoms with E-state index >= 15 is 0 Å². The van der Waals surface area contributed by atoms with Gasteiger partial charge in [-0.1, -0.05) is 98.9 Å². The highest BCUT2D eigenvalue weighted by Crippen LogP contribution is 2.35. The predicted octanol–water partition coefficient (Wildman–Crippen LogP) is -0.363. The van der Waals surface area contributed by atoms with Crippen LogP contribution in [-0.2, 0) is 23.7 Å². The van der Waals surface area contributed by atoms with Crippen molar-refractivity contribution in [2.45, 2.75) is 183 Å². The number of nitrogens with two attached hydrogens (primary N) is 2. The van der Waals surface area contributed by atoms with Gasteiger partial charge in [-0.3, -0.25) is 4.79 Å². The van der Waals surface area contributed by atoms with E-state index in [1.165, 1.54) is 0 Å². The number of aliphatic hydroxyl groups excluding tert-OH is 9. The van der Waals surface area contributed by atoms with E-state index in [2.05, 4.69) is 10.6 Å². The standard InChI is InChI=1S/C49H80N4O16/c1-29-17-15-13-11-9-7-5-6-8-10-12-14-16-18-36(68-47-46(63)42(51)45(62)32(4)67-47)26-40-43(53-48(64)52-22-21-50)39(59)28-49(65,69-40)27-35(56)24-38(58)37(57)20-19-33(54)23-34(55)25-41(60)66-31(3)30(2)44(29)61/h5-18,29-40,42-47,54-59,61-63,65H,19-28,50-51H2,1-4H3,(H2,52,53,64)/b6-5+,9-7+,10-8+,13-11+,14-12+,17-15+,18-16+/t29-,30-,31-,32+,33+,34+,35-,36?,37+,38+,39-,40-,42-,43+,44+,45+,46-,47?,49+/m0/s1. The molecule has 0 aromatic carbocycles. The van der Waals surface area contributed by atoms with E-state index in [-0.39, 0.29) is 44.7 Å². The van der Waals surface area contributed by atoms with E-state index in [1.54, 1.807) is 75.5 Å². The maximum Gasteiger partial charge on any atom is 0.315 e. The number of hydrogen-bond acceptors (Lipinski definition) is 18. The Morgan fingerprint density at radius 2 is 1.30 bits per heavy atom. The Morgan fingerprint density at radius 1 is 0.710 bits per heavy atom. The van der Waals surface area contributed by atoms with Gasteiger partial charge in [-0.05, 0) is 33.1 Å². The number of carbonyl (C=O) groups excluding carboxylic acids is 2. The lowest BCUT2D eigenvalue weighted by Crippen LogP contribution is -2.64. The highest BCUT2D eigenvalue weighted by atomic mass is 16.7. The monoisotopic (exact) mass is 981 g/mol. The minimum atomic E-state index is -2.26. The number of urea groups is 1. The van der Waals surface area contributed by atoms with Crippen LogP contribution in [0.15, 0.2) is 85.1 Å². The minimum Gasteiger partial charge on any atom is -0.462 e. The largest absolute Gasteiger partial charge is 0.462 e. The van der Waals surface area contributed by atoms with Crippen molar-refractivity contribution in [1.82, 2.24) is 10.6 Å². The van der Waals surface area contributed by atoms with Crippen LogP contribution < -0.4 is 22.1 Å². The molecule has 20 nitrogen and oxygen atoms in total. The second-order valence-corrected chi connectivity index (χ2v) is 18.4. The lowest BCUT2D eigenvalue weighted by Gasteiger charge is -2.46. The average Bonchev–Trinajstić information content (AvgIpc) is 3.28. The Kier molecular flexibility index (Phi) is 26.1. The lowest BCUT2D eigenvalue weighted by molar-refractivity contribution is -0.303. The summed E-state index contributed by atoms with van der Waals surface area (Å²) >= 11 is 0. The number of fused-ring (bicyclic) bond motifs is 2. The van der Waals surface area contributed by atoms with Crippen LogP contribution in [0.5, 0.6) is 0 Å². The molecule has 0 spiro atoms. The third-order valence-corrected chi connectivity index (χ3v) is 12.5. The third-order valence-electron chi connectivity index (χ3n) is 12.5. The molecule has 2 bridgehead atoms. The first kappa shape index (κ1) is 59.6. The van der Waals surface area contributed by atoms with Crippen molar-refractivity contribution in [3.63, 3.8) is 0 Å². The first-order valence-electron chi connectivity index (χ1n) is 23.9. The van der Waals surface area contributed by atoms with Gasteiger partial charge in [0.25, 0.3) is 0 Å². The summed E-state index contributed by atoms with van der Waals surface area (Å²) in [5, 5.41) is 115. The molecule has 3 heterocycles. The fraction of sp³-hybridized carbons (Fsp3) is 0.673. The van der Waals surface area contributed by atoms with E-state index in [9.17, 15) is 60.7 Å². The molecule has 2 fully saturated rings. The molecule has 0 aromatic heterocycles. The topological polar surface area (TPSA) is 349 Å². The van der Waals surface area contributed by atoms with Gasteiger partial charge in [-0.15, -0.1) is 0 Å². The molecule has 20 heteroatoms. The summed E-state index contributed by atoms with van der Waals surface area (Å²) in [6.45, 7) is 7.01. The molecule has 2 amide bonds. The first-order valence-corrected chi connectivity index (χ1v) is 23.9. The molecule has 0 aliphatic carbocycles. The summed E-state index contributed by atoms with van der Waals surface area (Å²) < 4.78 is 23.6. The molecule has 2 saturated heterocycles. The number of allylic oxidation sites excluding steroid dienone is 12. The molecule has 16 N–H and O–H groups in total. The second-order valence-electron chi connectivity index (χ2n) is 18.4. The Bertz CT molecular complexity index is 1750. The van der Waals surface area contributed by atoms with Crippen LogP contribution in [0.1, 0.15) is 79.1 Å². The van der Waals surface area contributed by atoms with Crippen molar-refractivity contribution in [3.05, 3.63) is 85.1 Å². The Hall–Kier alpha value is -3.68. The van der Waals surface area contributed by atoms with Gasteiger partial charge in [0.2, 0.25) is 0 Å². The Morgan fingerprint density at radius 3 is 1.91 bits per heavy atom. The van der Waals surface area contributed by atoms with Crippen LogP contribution in [0.2, 0.25) is 0 Å². The van der Waals surface area contributed by atoms with E-state index in [4.69, 9.17) is 30.4 Å². The number of aliphatic hydroxyl groups is 10. The number of esters is 1. The summed E-state index contributed by atoms with van der Waals surface area (Å²) in [5.74, 6) is -3.71. The van der Waals surface area contributed by atoms with Crippen LogP contribution >= 0.6 is 0 Å². The maximum atomic E-state index is 12.9. The van der Waals surface area contributed by atoms with Crippen LogP contribution in [-0.4, -0.2) is 180 Å². The first-order chi connectivity index (χ1) is 32.6. The van der Waals surface area contributed by atoms with Gasteiger partial charge < -0.3 is 92.1 Å². The van der Waals surface area contributed by atoms with Crippen LogP contribution in [0.25, 0.3) is 0 Å². The maximum absolute atomic E-state index is 12.9. The minimum absolute atomic E-state index is 0.0965. The predicted molar refractivity (Wildman–Crippen MR) is 255 cm³/mol. The molecule has 3 rings (SSSR count). The zero-order chi connectivity index (χ0) is 51.3. The van der Waals surface area contributed by atoms with Gasteiger partial charge in [-0.2, -0.15) is 0 Å². The van der Waals surface area contributed by atoms with Crippen molar-refractivity contribution < 1.29 is 79.6 Å². The summed E-state index contributed by atoms with van der Waals surface area (Å²) in [6.07, 6.45) is 4.85. The summed E-state index contributed by atoms with van der Waals surface area (Å²) in [7, 11) is 0. The number of nitrogens with one attached hydrogen (secondary N) is 2. The van der Waals surface area contributed by atoms with E-state index in [0.29, 0.717) is 0 Å². The normalized spacial score (nSPS) is 43.4. The smallest absolute Gasteiger partial charge is 0.315 e. The molecule has 3 aliphatic heterocycles. The Balaban J connectivity index is 1.91. The highest BCUT2D eigenvalue weighted by Gasteiger charge is 2.49. The molecule has 69 heavy (non-hydrogen) atoms. The third kappa shape index (κ3) is 20.9. The van der Waals surface area contributed by atoms with Crippen LogP contribution in [0.4, 0.5) is 4.79 Å². The number of carbonyl (C=O) groups is 2. The van der Waals surface area contributed by atoms with Crippen LogP contribution in [0, 0.1) is 11.8 Å². The SMILES string of the molecule is C[C@@H]1[C@H](O)[C@@H](C)/C=C/C=C/C=C/C=C/C=C/C=C/C=C/C(OC2O[C@H](C)[C@@H](O)[C@H](N)[C@@H]2O)C[C@@H]2O[C@](O)(C[C@@H](O)C[C@@H](O)[C@H](O)CC[C@@H](O)C[C@@H](O)CC(=O)O[C@H]1C)C[C@H](O)[C@H]2NC(=O)NCCN. The fourth-order valence-electron chi connectivity index (χ4n) is 8.22. The molecule has 392 valence electrons. The van der Waals surface area contributed by atoms with Gasteiger partial charge in [0.05, 0.1) is 85.6 Å². The Labute approximate surface area is 405 Å². The van der Waals surface area contributed by atoms with Crippen molar-refractivity contribution in [1.29, 1.82) is 0 Å². The summed E-state index contributed by atoms with van der Waals surface area (Å²) in [5.41, 5.74) is 11.6. The highest BCUT2D eigenvalue weighted by molar-refractivity contribution is 5.74. The average molecular weight is 981 g/mol. The van der Waals surface area contributed by atoms with E-state index < -0.39 is 147 Å². The fourth-order valence-corrected chi connectivity index (χ4v) is 8.22. The quantitative estimate of drug-likeness (QED) is 0.156. The lowest BCUT2D eigenvalue weighted by atomic mass is 9.87. The summed E-state index contributed by atoms with van der Waals surface area (Å²) in [6, 6.07) is -3.01. The summed E-state index contributed by atoms with van der Waals surface area (Å²) in [4.78, 5) is 25.6. The molecule has 0 aromatic rings. The van der Waals surface area contributed by atoms with Crippen molar-refractivity contribution in [2.75, 3.05) is 13.1 Å². The molecular weight excluding hydrogens is 901 g/mol. The second kappa shape index (κ2) is 30.3. The van der Waals surface area contributed by atoms with Gasteiger partial charge >= 0.3 is 12.0 Å². The molecule has 19 atom stereocenters. The van der Waals surface area contributed by atoms with Crippen LogP contribution in [0.3, 0.4) is 0 Å². The molecule has 0 saturated carbocycles. The molecule has 0 radical (unpaired) electrons. The zero-order valence-corrected chi connectivity index (χ0v) is 40.1. The van der Waals surface area contributed by atoms with E-state index in [1.807, 2.05) is 37.3 Å². The molecular formula is C49H80N4O16. The van der Waals surface area contributed by atoms with Gasteiger partial charge in [0.15, 0.2) is 12.1 Å².